The van der Waals surface area contributed by atoms with E-state index in [9.17, 15) is 28.9 Å². The summed E-state index contributed by atoms with van der Waals surface area (Å²) in [6, 6.07) is 7.09. The van der Waals surface area contributed by atoms with E-state index in [0.717, 1.165) is 11.3 Å². The summed E-state index contributed by atoms with van der Waals surface area (Å²) in [7, 11) is -11.7. The summed E-state index contributed by atoms with van der Waals surface area (Å²) < 4.78 is 22.2. The summed E-state index contributed by atoms with van der Waals surface area (Å²) in [6.45, 7) is 1.22. The topological polar surface area (TPSA) is 147 Å². The van der Waals surface area contributed by atoms with Crippen LogP contribution in [0.15, 0.2) is 24.3 Å². The van der Waals surface area contributed by atoms with Crippen LogP contribution in [-0.4, -0.2) is 39.9 Å². The fourth-order valence-electron chi connectivity index (χ4n) is 2.41. The molecule has 0 aromatic heterocycles. The smallest absolute Gasteiger partial charge is 0.808 e. The summed E-state index contributed by atoms with van der Waals surface area (Å²) >= 11 is 11.5. The summed E-state index contributed by atoms with van der Waals surface area (Å²) in [6.07, 6.45) is -0.849. The maximum atomic E-state index is 11.1. The van der Waals surface area contributed by atoms with Crippen molar-refractivity contribution >= 4 is 44.1 Å². The minimum absolute atomic E-state index is 0. The molecule has 150 valence electrons. The van der Waals surface area contributed by atoms with E-state index in [2.05, 4.69) is 0 Å². The third-order valence-electron chi connectivity index (χ3n) is 3.88. The van der Waals surface area contributed by atoms with Crippen molar-refractivity contribution in [3.63, 3.8) is 0 Å². The Kier molecular flexibility index (Phi) is 20.7. The maximum Gasteiger partial charge on any atom is 1.00 e. The van der Waals surface area contributed by atoms with Gasteiger partial charge in [0.1, 0.15) is 0 Å². The van der Waals surface area contributed by atoms with Crippen LogP contribution >= 0.6 is 38.4 Å². The molecular formula is C14H20Cl2NNa3O7P2. The number of aliphatic hydroxyl groups is 1. The first-order valence-electron chi connectivity index (χ1n) is 7.70. The molecular weight excluding hydrogens is 496 g/mol. The molecule has 0 aliphatic carbocycles. The molecule has 0 amide bonds. The third kappa shape index (κ3) is 11.2. The van der Waals surface area contributed by atoms with E-state index in [1.807, 2.05) is 4.90 Å². The predicted molar refractivity (Wildman–Crippen MR) is 95.4 cm³/mol. The van der Waals surface area contributed by atoms with Crippen LogP contribution in [0.4, 0.5) is 5.69 Å². The molecule has 1 aromatic carbocycles. The average molecular weight is 516 g/mol. The first-order chi connectivity index (χ1) is 12.0. The van der Waals surface area contributed by atoms with E-state index < -0.39 is 26.7 Å². The van der Waals surface area contributed by atoms with Crippen LogP contribution in [0.1, 0.15) is 18.4 Å². The van der Waals surface area contributed by atoms with Gasteiger partial charge in [0.15, 0.2) is 12.7 Å². The van der Waals surface area contributed by atoms with E-state index in [4.69, 9.17) is 28.1 Å². The first-order valence-corrected chi connectivity index (χ1v) is 11.9. The molecule has 0 aliphatic rings. The minimum atomic E-state index is -5.97. The van der Waals surface area contributed by atoms with Crippen LogP contribution in [-0.2, 0) is 15.6 Å². The molecule has 0 fully saturated rings. The molecule has 0 heterocycles. The van der Waals surface area contributed by atoms with Crippen molar-refractivity contribution in [3.05, 3.63) is 29.8 Å². The number of benzene rings is 1. The van der Waals surface area contributed by atoms with Gasteiger partial charge < -0.3 is 38.7 Å². The van der Waals surface area contributed by atoms with Crippen LogP contribution in [0.5, 0.6) is 0 Å². The molecule has 0 spiro atoms. The fourth-order valence-corrected chi connectivity index (χ4v) is 4.93. The van der Waals surface area contributed by atoms with Crippen molar-refractivity contribution in [2.24, 2.45) is 0 Å². The Morgan fingerprint density at radius 2 is 1.41 bits per heavy atom. The Bertz CT molecular complexity index is 648. The molecule has 0 saturated carbocycles. The second-order valence-electron chi connectivity index (χ2n) is 5.68. The van der Waals surface area contributed by atoms with E-state index in [1.165, 1.54) is 0 Å². The molecule has 29 heavy (non-hydrogen) atoms. The molecule has 2 unspecified atom stereocenters. The van der Waals surface area contributed by atoms with Crippen LogP contribution in [0.25, 0.3) is 0 Å². The minimum Gasteiger partial charge on any atom is -0.808 e. The van der Waals surface area contributed by atoms with E-state index in [-0.39, 0.29) is 102 Å². The monoisotopic (exact) mass is 515 g/mol. The van der Waals surface area contributed by atoms with Crippen molar-refractivity contribution in [3.8, 4) is 0 Å². The first kappa shape index (κ1) is 36.4. The number of rotatable bonds is 11. The Balaban J connectivity index is -0.00000225. The predicted octanol–water partition coefficient (Wildman–Crippen LogP) is -8.59. The van der Waals surface area contributed by atoms with Gasteiger partial charge in [0.25, 0.3) is 0 Å². The zero-order valence-electron chi connectivity index (χ0n) is 16.8. The summed E-state index contributed by atoms with van der Waals surface area (Å²) in [4.78, 5) is 44.1. The quantitative estimate of drug-likeness (QED) is 0.168. The van der Waals surface area contributed by atoms with E-state index >= 15 is 0 Å². The van der Waals surface area contributed by atoms with Crippen LogP contribution in [0.2, 0.25) is 0 Å². The largest absolute Gasteiger partial charge is 1.00 e. The zero-order valence-corrected chi connectivity index (χ0v) is 26.1. The Labute approximate surface area is 247 Å². The summed E-state index contributed by atoms with van der Waals surface area (Å²) in [5.74, 6) is 0.857. The molecule has 1 aromatic rings. The Hall–Kier alpha value is 2.86. The molecule has 0 aliphatic heterocycles. The molecule has 15 heteroatoms. The normalized spacial score (nSPS) is 15.0. The van der Waals surface area contributed by atoms with Gasteiger partial charge in [0.05, 0.1) is 0 Å². The number of anilines is 1. The van der Waals surface area contributed by atoms with Gasteiger partial charge in [0.2, 0.25) is 0 Å². The average Bonchev–Trinajstić information content (AvgIpc) is 2.53. The molecule has 0 bridgehead atoms. The number of alkyl halides is 2. The Morgan fingerprint density at radius 3 is 1.76 bits per heavy atom. The van der Waals surface area contributed by atoms with Gasteiger partial charge in [-0.25, -0.2) is 0 Å². The SMILES string of the molecule is O=P([O-])([O-])C(O)(CCCc1ccc(N(CCCl)CCCl)cc1)P(=O)([O-])O.[Na+].[Na+].[Na+]. The maximum absolute atomic E-state index is 11.1. The van der Waals surface area contributed by atoms with Crippen molar-refractivity contribution < 1.29 is 122 Å². The molecule has 1 rings (SSSR count). The Morgan fingerprint density at radius 1 is 0.966 bits per heavy atom. The van der Waals surface area contributed by atoms with Gasteiger partial charge in [-0.2, -0.15) is 0 Å². The number of nitrogens with zero attached hydrogens (tertiary/aromatic N) is 1. The molecule has 0 saturated heterocycles. The zero-order chi connectivity index (χ0) is 20.0. The molecule has 2 atom stereocenters. The van der Waals surface area contributed by atoms with E-state index in [0.29, 0.717) is 24.8 Å². The number of hydrogen-bond acceptors (Lipinski definition) is 7. The second-order valence-corrected chi connectivity index (χ2v) is 10.3. The van der Waals surface area contributed by atoms with Crippen molar-refractivity contribution in [1.82, 2.24) is 0 Å². The van der Waals surface area contributed by atoms with Crippen LogP contribution < -0.4 is 108 Å². The van der Waals surface area contributed by atoms with Gasteiger partial charge in [-0.1, -0.05) is 12.1 Å². The van der Waals surface area contributed by atoms with Gasteiger partial charge in [-0.15, -0.1) is 23.2 Å². The van der Waals surface area contributed by atoms with Gasteiger partial charge in [0, 0.05) is 30.5 Å². The van der Waals surface area contributed by atoms with Crippen molar-refractivity contribution in [2.45, 2.75) is 24.3 Å². The summed E-state index contributed by atoms with van der Waals surface area (Å²) in [5.41, 5.74) is 1.62. The number of halogens is 2. The molecule has 2 N–H and O–H groups in total. The number of aryl methyl sites for hydroxylation is 1. The third-order valence-corrected chi connectivity index (χ3v) is 7.94. The molecule has 8 nitrogen and oxygen atoms in total. The standard InChI is InChI=1S/C14H23Cl2NO7P2.3Na/c15-8-10-17(11-9-16)13-5-3-12(4-6-13)2-1-7-14(18,25(19,20)21)26(22,23)24;;;/h3-6,18H,1-2,7-11H2,(H2,19,20,21)(H2,22,23,24);;;/q;3*+1/p-3. The summed E-state index contributed by atoms with van der Waals surface area (Å²) in [5, 5.41) is 5.95. The van der Waals surface area contributed by atoms with Crippen molar-refractivity contribution in [2.75, 3.05) is 29.7 Å². The van der Waals surface area contributed by atoms with Crippen LogP contribution in [0, 0.1) is 0 Å². The van der Waals surface area contributed by atoms with Crippen LogP contribution in [0.3, 0.4) is 0 Å². The van der Waals surface area contributed by atoms with E-state index in [1.54, 1.807) is 24.3 Å². The number of hydrogen-bond donors (Lipinski definition) is 2. The van der Waals surface area contributed by atoms with Gasteiger partial charge >= 0.3 is 88.7 Å². The van der Waals surface area contributed by atoms with Crippen molar-refractivity contribution in [1.29, 1.82) is 0 Å². The second kappa shape index (κ2) is 16.5. The van der Waals surface area contributed by atoms with Gasteiger partial charge in [-0.3, -0.25) is 0 Å². The molecule has 0 radical (unpaired) electrons. The van der Waals surface area contributed by atoms with Gasteiger partial charge in [-0.05, 0) is 44.6 Å². The fraction of sp³-hybridized carbons (Fsp3) is 0.571.